The maximum Gasteiger partial charge on any atom is 0.224 e. The molecule has 1 saturated heterocycles. The van der Waals surface area contributed by atoms with E-state index in [4.69, 9.17) is 0 Å². The fraction of sp³-hybridized carbons (Fsp3) is 0.435. The average molecular weight is 415 g/mol. The zero-order valence-electron chi connectivity index (χ0n) is 17.0. The first-order chi connectivity index (χ1) is 13.9. The maximum atomic E-state index is 13.0. The van der Waals surface area contributed by atoms with Crippen LogP contribution < -0.4 is 5.32 Å². The van der Waals surface area contributed by atoms with Gasteiger partial charge < -0.3 is 5.32 Å². The summed E-state index contributed by atoms with van der Waals surface area (Å²) in [5.74, 6) is -0.342. The van der Waals surface area contributed by atoms with E-state index in [2.05, 4.69) is 17.4 Å². The quantitative estimate of drug-likeness (QED) is 0.718. The Balaban J connectivity index is 1.64. The zero-order chi connectivity index (χ0) is 20.7. The van der Waals surface area contributed by atoms with Crippen LogP contribution in [0.5, 0.6) is 0 Å². The lowest BCUT2D eigenvalue weighted by atomic mass is 9.95. The first-order valence-corrected chi connectivity index (χ1v) is 12.1. The second kappa shape index (κ2) is 10.0. The van der Waals surface area contributed by atoms with Gasteiger partial charge in [-0.3, -0.25) is 4.79 Å². The van der Waals surface area contributed by atoms with Crippen molar-refractivity contribution < 1.29 is 13.2 Å². The predicted molar refractivity (Wildman–Crippen MR) is 116 cm³/mol. The van der Waals surface area contributed by atoms with E-state index in [0.29, 0.717) is 6.54 Å². The summed E-state index contributed by atoms with van der Waals surface area (Å²) in [4.78, 5) is 13.0. The molecule has 0 saturated carbocycles. The third kappa shape index (κ3) is 6.41. The van der Waals surface area contributed by atoms with Gasteiger partial charge in [0.25, 0.3) is 0 Å². The van der Waals surface area contributed by atoms with Crippen molar-refractivity contribution >= 4 is 15.9 Å². The van der Waals surface area contributed by atoms with E-state index in [1.807, 2.05) is 48.5 Å². The Morgan fingerprint density at radius 2 is 1.76 bits per heavy atom. The summed E-state index contributed by atoms with van der Waals surface area (Å²) in [5, 5.41) is 3.20. The number of nitrogens with zero attached hydrogens (tertiary/aromatic N) is 1. The standard InChI is InChI=1S/C23H30N2O3S/c1-29(27,28)25-17-9-15-21(18-25)23(26)24-22(20-13-6-3-7-14-20)16-8-12-19-10-4-2-5-11-19/h2-7,10-11,13-14,21-22H,8-9,12,15-18H2,1H3,(H,24,26). The highest BCUT2D eigenvalue weighted by Gasteiger charge is 2.31. The maximum absolute atomic E-state index is 13.0. The third-order valence-corrected chi connectivity index (χ3v) is 6.81. The number of nitrogens with one attached hydrogen (secondary N) is 1. The summed E-state index contributed by atoms with van der Waals surface area (Å²) < 4.78 is 25.2. The minimum absolute atomic E-state index is 0.0492. The van der Waals surface area contributed by atoms with Crippen LogP contribution in [0, 0.1) is 5.92 Å². The van der Waals surface area contributed by atoms with Crippen molar-refractivity contribution in [3.63, 3.8) is 0 Å². The van der Waals surface area contributed by atoms with Gasteiger partial charge in [-0.05, 0) is 43.2 Å². The molecule has 2 unspecified atom stereocenters. The van der Waals surface area contributed by atoms with Gasteiger partial charge in [0.2, 0.25) is 15.9 Å². The van der Waals surface area contributed by atoms with Crippen molar-refractivity contribution in [1.82, 2.24) is 9.62 Å². The van der Waals surface area contributed by atoms with Crippen LogP contribution in [-0.2, 0) is 21.2 Å². The Kier molecular flexibility index (Phi) is 7.45. The van der Waals surface area contributed by atoms with Crippen molar-refractivity contribution in [2.45, 2.75) is 38.1 Å². The molecule has 0 spiro atoms. The van der Waals surface area contributed by atoms with E-state index in [9.17, 15) is 13.2 Å². The molecule has 5 nitrogen and oxygen atoms in total. The lowest BCUT2D eigenvalue weighted by Gasteiger charge is -2.31. The number of hydrogen-bond acceptors (Lipinski definition) is 3. The number of carbonyl (C=O) groups excluding carboxylic acids is 1. The molecule has 2 aromatic carbocycles. The Morgan fingerprint density at radius 3 is 2.41 bits per heavy atom. The number of sulfonamides is 1. The Labute approximate surface area is 174 Å². The van der Waals surface area contributed by atoms with Crippen LogP contribution in [0.4, 0.5) is 0 Å². The first kappa shape index (κ1) is 21.5. The molecule has 1 aliphatic heterocycles. The number of aryl methyl sites for hydroxylation is 1. The third-order valence-electron chi connectivity index (χ3n) is 5.54. The molecule has 1 heterocycles. The topological polar surface area (TPSA) is 66.5 Å². The van der Waals surface area contributed by atoms with Crippen molar-refractivity contribution in [3.05, 3.63) is 71.8 Å². The van der Waals surface area contributed by atoms with Crippen molar-refractivity contribution in [1.29, 1.82) is 0 Å². The van der Waals surface area contributed by atoms with Crippen LogP contribution in [0.25, 0.3) is 0 Å². The minimum Gasteiger partial charge on any atom is -0.349 e. The lowest BCUT2D eigenvalue weighted by Crippen LogP contribution is -2.45. The fourth-order valence-corrected chi connectivity index (χ4v) is 4.82. The summed E-state index contributed by atoms with van der Waals surface area (Å²) in [7, 11) is -3.26. The molecule has 3 rings (SSSR count). The van der Waals surface area contributed by atoms with Crippen molar-refractivity contribution in [2.75, 3.05) is 19.3 Å². The molecule has 6 heteroatoms. The lowest BCUT2D eigenvalue weighted by molar-refractivity contribution is -0.126. The van der Waals surface area contributed by atoms with E-state index in [-0.39, 0.29) is 24.4 Å². The molecule has 0 aliphatic carbocycles. The molecule has 29 heavy (non-hydrogen) atoms. The van der Waals surface area contributed by atoms with Gasteiger partial charge in [-0.15, -0.1) is 0 Å². The summed E-state index contributed by atoms with van der Waals surface area (Å²) in [6.45, 7) is 0.776. The molecule has 1 fully saturated rings. The van der Waals surface area contributed by atoms with Crippen LogP contribution in [0.15, 0.2) is 60.7 Å². The predicted octanol–water partition coefficient (Wildman–Crippen LogP) is 3.54. The molecular weight excluding hydrogens is 384 g/mol. The molecule has 1 aliphatic rings. The molecule has 0 radical (unpaired) electrons. The van der Waals surface area contributed by atoms with E-state index in [1.165, 1.54) is 16.1 Å². The van der Waals surface area contributed by atoms with Gasteiger partial charge in [-0.1, -0.05) is 60.7 Å². The van der Waals surface area contributed by atoms with Gasteiger partial charge in [-0.2, -0.15) is 0 Å². The number of amides is 1. The average Bonchev–Trinajstić information content (AvgIpc) is 2.74. The van der Waals surface area contributed by atoms with Crippen molar-refractivity contribution in [3.8, 4) is 0 Å². The smallest absolute Gasteiger partial charge is 0.224 e. The van der Waals surface area contributed by atoms with E-state index in [0.717, 1.165) is 37.7 Å². The number of rotatable bonds is 8. The SMILES string of the molecule is CS(=O)(=O)N1CCCC(C(=O)NC(CCCc2ccccc2)c2ccccc2)C1. The molecule has 1 N–H and O–H groups in total. The summed E-state index contributed by atoms with van der Waals surface area (Å²) in [6.07, 6.45) is 5.42. The second-order valence-electron chi connectivity index (χ2n) is 7.81. The highest BCUT2D eigenvalue weighted by molar-refractivity contribution is 7.88. The number of hydrogen-bond donors (Lipinski definition) is 1. The fourth-order valence-electron chi connectivity index (χ4n) is 3.91. The van der Waals surface area contributed by atoms with E-state index in [1.54, 1.807) is 0 Å². The van der Waals surface area contributed by atoms with E-state index >= 15 is 0 Å². The normalized spacial score (nSPS) is 18.9. The first-order valence-electron chi connectivity index (χ1n) is 10.3. The van der Waals surface area contributed by atoms with Gasteiger partial charge in [-0.25, -0.2) is 12.7 Å². The van der Waals surface area contributed by atoms with Crippen LogP contribution in [-0.4, -0.2) is 38.0 Å². The monoisotopic (exact) mass is 414 g/mol. The molecular formula is C23H30N2O3S. The summed E-state index contributed by atoms with van der Waals surface area (Å²) in [6, 6.07) is 20.3. The number of carbonyl (C=O) groups is 1. The Bertz CT molecular complexity index is 885. The van der Waals surface area contributed by atoms with Crippen LogP contribution in [0.2, 0.25) is 0 Å². The van der Waals surface area contributed by atoms with Gasteiger partial charge in [0, 0.05) is 13.1 Å². The highest BCUT2D eigenvalue weighted by atomic mass is 32.2. The van der Waals surface area contributed by atoms with Crippen LogP contribution in [0.1, 0.15) is 42.9 Å². The van der Waals surface area contributed by atoms with Crippen LogP contribution >= 0.6 is 0 Å². The Morgan fingerprint density at radius 1 is 1.10 bits per heavy atom. The molecule has 1 amide bonds. The zero-order valence-corrected chi connectivity index (χ0v) is 17.8. The summed E-state index contributed by atoms with van der Waals surface area (Å²) >= 11 is 0. The highest BCUT2D eigenvalue weighted by Crippen LogP contribution is 2.23. The van der Waals surface area contributed by atoms with Crippen molar-refractivity contribution in [2.24, 2.45) is 5.92 Å². The molecule has 2 aromatic rings. The molecule has 0 bridgehead atoms. The number of piperidine rings is 1. The van der Waals surface area contributed by atoms with Gasteiger partial charge in [0.05, 0.1) is 18.2 Å². The second-order valence-corrected chi connectivity index (χ2v) is 9.79. The Hall–Kier alpha value is -2.18. The summed E-state index contributed by atoms with van der Waals surface area (Å²) in [5.41, 5.74) is 2.38. The number of benzene rings is 2. The minimum atomic E-state index is -3.26. The molecule has 156 valence electrons. The van der Waals surface area contributed by atoms with E-state index < -0.39 is 10.0 Å². The van der Waals surface area contributed by atoms with Gasteiger partial charge >= 0.3 is 0 Å². The largest absolute Gasteiger partial charge is 0.349 e. The molecule has 2 atom stereocenters. The van der Waals surface area contributed by atoms with Gasteiger partial charge in [0.15, 0.2) is 0 Å². The van der Waals surface area contributed by atoms with Crippen LogP contribution in [0.3, 0.4) is 0 Å². The molecule has 0 aromatic heterocycles. The van der Waals surface area contributed by atoms with Gasteiger partial charge in [0.1, 0.15) is 0 Å².